The molecular weight excluding hydrogens is 310 g/mol. The molecule has 120 valence electrons. The van der Waals surface area contributed by atoms with Crippen molar-refractivity contribution < 1.29 is 9.72 Å². The Balaban J connectivity index is 1.66. The third-order valence-corrected chi connectivity index (χ3v) is 3.83. The summed E-state index contributed by atoms with van der Waals surface area (Å²) < 4.78 is 0. The molecule has 0 saturated heterocycles. The highest BCUT2D eigenvalue weighted by atomic mass is 16.6. The average molecular weight is 323 g/mol. The minimum Gasteiger partial charge on any atom is -0.370 e. The minimum atomic E-state index is -0.644. The van der Waals surface area contributed by atoms with Gasteiger partial charge in [-0.15, -0.1) is 0 Å². The Morgan fingerprint density at radius 1 is 1.33 bits per heavy atom. The SMILES string of the molecule is N#Cc1nc(NCCC2C(=O)Nc3ccccc32)ccc1[N+](=O)[O-]. The van der Waals surface area contributed by atoms with Gasteiger partial charge in [0.2, 0.25) is 11.6 Å². The first-order valence-electron chi connectivity index (χ1n) is 7.29. The number of anilines is 2. The van der Waals surface area contributed by atoms with Crippen molar-refractivity contribution >= 4 is 23.1 Å². The number of carbonyl (C=O) groups is 1. The summed E-state index contributed by atoms with van der Waals surface area (Å²) in [5, 5.41) is 25.6. The molecule has 0 spiro atoms. The van der Waals surface area contributed by atoms with Gasteiger partial charge in [0.15, 0.2) is 0 Å². The van der Waals surface area contributed by atoms with E-state index in [1.54, 1.807) is 6.07 Å². The van der Waals surface area contributed by atoms with Gasteiger partial charge in [0.25, 0.3) is 0 Å². The fourth-order valence-corrected chi connectivity index (χ4v) is 2.69. The molecule has 2 heterocycles. The van der Waals surface area contributed by atoms with E-state index in [-0.39, 0.29) is 23.2 Å². The number of nitriles is 1. The molecule has 1 aromatic heterocycles. The van der Waals surface area contributed by atoms with E-state index in [0.717, 1.165) is 11.3 Å². The lowest BCUT2D eigenvalue weighted by Gasteiger charge is -2.10. The monoisotopic (exact) mass is 323 g/mol. The van der Waals surface area contributed by atoms with Gasteiger partial charge in [-0.25, -0.2) is 4.98 Å². The Morgan fingerprint density at radius 3 is 2.88 bits per heavy atom. The second kappa shape index (κ2) is 6.34. The summed E-state index contributed by atoms with van der Waals surface area (Å²) in [5.41, 5.74) is 1.22. The van der Waals surface area contributed by atoms with Crippen LogP contribution in [-0.2, 0) is 4.79 Å². The van der Waals surface area contributed by atoms with E-state index < -0.39 is 4.92 Å². The molecule has 1 amide bonds. The van der Waals surface area contributed by atoms with Gasteiger partial charge in [0.05, 0.1) is 10.8 Å². The number of pyridine rings is 1. The van der Waals surface area contributed by atoms with Crippen LogP contribution in [-0.4, -0.2) is 22.4 Å². The van der Waals surface area contributed by atoms with Crippen molar-refractivity contribution in [2.75, 3.05) is 17.2 Å². The fourth-order valence-electron chi connectivity index (χ4n) is 2.69. The highest BCUT2D eigenvalue weighted by Gasteiger charge is 2.29. The van der Waals surface area contributed by atoms with Crippen molar-refractivity contribution in [3.8, 4) is 6.07 Å². The molecule has 8 nitrogen and oxygen atoms in total. The van der Waals surface area contributed by atoms with Crippen LogP contribution in [0.4, 0.5) is 17.2 Å². The molecule has 3 rings (SSSR count). The lowest BCUT2D eigenvalue weighted by atomic mass is 9.97. The first-order chi connectivity index (χ1) is 11.6. The molecule has 1 aromatic carbocycles. The van der Waals surface area contributed by atoms with Crippen LogP contribution in [0.2, 0.25) is 0 Å². The van der Waals surface area contributed by atoms with E-state index >= 15 is 0 Å². The van der Waals surface area contributed by atoms with Gasteiger partial charge in [0, 0.05) is 18.3 Å². The number of hydrogen-bond donors (Lipinski definition) is 2. The van der Waals surface area contributed by atoms with Crippen LogP contribution in [0.15, 0.2) is 36.4 Å². The zero-order chi connectivity index (χ0) is 17.1. The van der Waals surface area contributed by atoms with Crippen LogP contribution in [0.5, 0.6) is 0 Å². The Kier molecular flexibility index (Phi) is 4.07. The summed E-state index contributed by atoms with van der Waals surface area (Å²) in [6, 6.07) is 11.9. The number of nitro groups is 1. The van der Waals surface area contributed by atoms with Gasteiger partial charge < -0.3 is 10.6 Å². The Hall–Kier alpha value is -3.47. The van der Waals surface area contributed by atoms with E-state index in [4.69, 9.17) is 5.26 Å². The van der Waals surface area contributed by atoms with Crippen LogP contribution < -0.4 is 10.6 Å². The lowest BCUT2D eigenvalue weighted by molar-refractivity contribution is -0.385. The molecule has 1 aliphatic rings. The molecule has 0 aliphatic carbocycles. The number of nitrogens with one attached hydrogen (secondary N) is 2. The van der Waals surface area contributed by atoms with E-state index in [1.807, 2.05) is 24.3 Å². The Morgan fingerprint density at radius 2 is 2.12 bits per heavy atom. The summed E-state index contributed by atoms with van der Waals surface area (Å²) in [7, 11) is 0. The third kappa shape index (κ3) is 2.87. The first-order valence-corrected chi connectivity index (χ1v) is 7.29. The number of aromatic nitrogens is 1. The molecule has 0 saturated carbocycles. The first kappa shape index (κ1) is 15.4. The molecule has 0 bridgehead atoms. The number of rotatable bonds is 5. The van der Waals surface area contributed by atoms with Gasteiger partial charge in [-0.1, -0.05) is 18.2 Å². The molecule has 2 N–H and O–H groups in total. The largest absolute Gasteiger partial charge is 0.370 e. The zero-order valence-corrected chi connectivity index (χ0v) is 12.5. The van der Waals surface area contributed by atoms with Crippen molar-refractivity contribution in [2.45, 2.75) is 12.3 Å². The molecule has 2 aromatic rings. The molecule has 24 heavy (non-hydrogen) atoms. The number of fused-ring (bicyclic) bond motifs is 1. The second-order valence-corrected chi connectivity index (χ2v) is 5.28. The van der Waals surface area contributed by atoms with Crippen molar-refractivity contribution in [3.63, 3.8) is 0 Å². The predicted octanol–water partition coefficient (Wildman–Crippen LogP) is 2.40. The van der Waals surface area contributed by atoms with Crippen molar-refractivity contribution in [1.82, 2.24) is 4.98 Å². The summed E-state index contributed by atoms with van der Waals surface area (Å²) in [6.07, 6.45) is 0.545. The van der Waals surface area contributed by atoms with Crippen LogP contribution in [0.25, 0.3) is 0 Å². The molecule has 8 heteroatoms. The minimum absolute atomic E-state index is 0.0487. The van der Waals surface area contributed by atoms with Crippen molar-refractivity contribution in [2.24, 2.45) is 0 Å². The van der Waals surface area contributed by atoms with Crippen LogP contribution in [0.3, 0.4) is 0 Å². The second-order valence-electron chi connectivity index (χ2n) is 5.28. The van der Waals surface area contributed by atoms with Crippen LogP contribution >= 0.6 is 0 Å². The number of nitrogens with zero attached hydrogens (tertiary/aromatic N) is 3. The topological polar surface area (TPSA) is 121 Å². The summed E-state index contributed by atoms with van der Waals surface area (Å²) in [6.45, 7) is 0.447. The standard InChI is InChI=1S/C16H13N5O3/c17-9-13-14(21(23)24)5-6-15(19-13)18-8-7-11-10-3-1-2-4-12(10)20-16(11)22/h1-6,11H,7-8H2,(H,18,19)(H,20,22). The Bertz CT molecular complexity index is 859. The van der Waals surface area contributed by atoms with Crippen LogP contribution in [0.1, 0.15) is 23.6 Å². The molecule has 0 fully saturated rings. The van der Waals surface area contributed by atoms with Gasteiger partial charge in [-0.2, -0.15) is 5.26 Å². The predicted molar refractivity (Wildman–Crippen MR) is 86.5 cm³/mol. The van der Waals surface area contributed by atoms with Crippen molar-refractivity contribution in [3.05, 3.63) is 57.8 Å². The lowest BCUT2D eigenvalue weighted by Crippen LogP contribution is -2.16. The normalized spacial score (nSPS) is 15.3. The summed E-state index contributed by atoms with van der Waals surface area (Å²) >= 11 is 0. The highest BCUT2D eigenvalue weighted by molar-refractivity contribution is 6.02. The van der Waals surface area contributed by atoms with Crippen LogP contribution in [0, 0.1) is 21.4 Å². The number of hydrogen-bond acceptors (Lipinski definition) is 6. The quantitative estimate of drug-likeness (QED) is 0.643. The van der Waals surface area contributed by atoms with E-state index in [2.05, 4.69) is 15.6 Å². The van der Waals surface area contributed by atoms with Gasteiger partial charge in [-0.05, 0) is 24.1 Å². The Labute approximate surface area is 137 Å². The van der Waals surface area contributed by atoms with E-state index in [0.29, 0.717) is 18.8 Å². The fraction of sp³-hybridized carbons (Fsp3) is 0.188. The molecule has 1 aliphatic heterocycles. The molecule has 1 atom stereocenters. The smallest absolute Gasteiger partial charge is 0.305 e. The summed E-state index contributed by atoms with van der Waals surface area (Å²) in [4.78, 5) is 26.1. The van der Waals surface area contributed by atoms with E-state index in [1.165, 1.54) is 12.1 Å². The van der Waals surface area contributed by atoms with Gasteiger partial charge in [-0.3, -0.25) is 14.9 Å². The van der Waals surface area contributed by atoms with Gasteiger partial charge >= 0.3 is 5.69 Å². The van der Waals surface area contributed by atoms with E-state index in [9.17, 15) is 14.9 Å². The maximum Gasteiger partial charge on any atom is 0.305 e. The van der Waals surface area contributed by atoms with Crippen molar-refractivity contribution in [1.29, 1.82) is 5.26 Å². The number of amides is 1. The summed E-state index contributed by atoms with van der Waals surface area (Å²) in [5.74, 6) is 0.0680. The zero-order valence-electron chi connectivity index (χ0n) is 12.5. The number of carbonyl (C=O) groups excluding carboxylic acids is 1. The number of benzene rings is 1. The highest BCUT2D eigenvalue weighted by Crippen LogP contribution is 2.34. The maximum absolute atomic E-state index is 12.0. The number of para-hydroxylation sites is 1. The maximum atomic E-state index is 12.0. The molecule has 1 unspecified atom stereocenters. The third-order valence-electron chi connectivity index (χ3n) is 3.83. The average Bonchev–Trinajstić information content (AvgIpc) is 2.90. The molecule has 0 radical (unpaired) electrons. The van der Waals surface area contributed by atoms with Gasteiger partial charge in [0.1, 0.15) is 11.9 Å². The molecular formula is C16H13N5O3.